The van der Waals surface area contributed by atoms with Gasteiger partial charge in [0.1, 0.15) is 5.75 Å². The Morgan fingerprint density at radius 1 is 1.14 bits per heavy atom. The van der Waals surface area contributed by atoms with Crippen LogP contribution in [0.4, 0.5) is 5.69 Å². The van der Waals surface area contributed by atoms with Gasteiger partial charge in [0.15, 0.2) is 5.11 Å². The summed E-state index contributed by atoms with van der Waals surface area (Å²) in [6, 6.07) is 7.86. The zero-order valence-electron chi connectivity index (χ0n) is 13.3. The SMILES string of the molecule is CCCOc1ccc(NC(=S)NCCN(CC)CC)cc1. The van der Waals surface area contributed by atoms with E-state index in [1.54, 1.807) is 0 Å². The van der Waals surface area contributed by atoms with Crippen LogP contribution >= 0.6 is 12.2 Å². The molecule has 0 aliphatic carbocycles. The Bertz CT molecular complexity index is 404. The van der Waals surface area contributed by atoms with E-state index in [4.69, 9.17) is 17.0 Å². The lowest BCUT2D eigenvalue weighted by Crippen LogP contribution is -2.36. The first-order valence-electron chi connectivity index (χ1n) is 7.69. The van der Waals surface area contributed by atoms with Gasteiger partial charge in [0.25, 0.3) is 0 Å². The molecule has 0 heterocycles. The third-order valence-corrected chi connectivity index (χ3v) is 3.44. The van der Waals surface area contributed by atoms with Gasteiger partial charge in [0, 0.05) is 18.8 Å². The number of nitrogens with zero attached hydrogens (tertiary/aromatic N) is 1. The van der Waals surface area contributed by atoms with Gasteiger partial charge in [-0.1, -0.05) is 20.8 Å². The summed E-state index contributed by atoms with van der Waals surface area (Å²) in [7, 11) is 0. The van der Waals surface area contributed by atoms with Crippen molar-refractivity contribution in [2.24, 2.45) is 0 Å². The lowest BCUT2D eigenvalue weighted by atomic mass is 10.3. The molecule has 21 heavy (non-hydrogen) atoms. The molecule has 0 aliphatic rings. The maximum absolute atomic E-state index is 5.55. The number of rotatable bonds is 9. The highest BCUT2D eigenvalue weighted by Crippen LogP contribution is 2.15. The predicted octanol–water partition coefficient (Wildman–Crippen LogP) is 3.10. The van der Waals surface area contributed by atoms with Crippen LogP contribution in [0.1, 0.15) is 27.2 Å². The maximum Gasteiger partial charge on any atom is 0.170 e. The number of likely N-dealkylation sites (N-methyl/N-ethyl adjacent to an activating group) is 1. The molecule has 1 rings (SSSR count). The Kier molecular flexibility index (Phi) is 8.78. The molecule has 118 valence electrons. The summed E-state index contributed by atoms with van der Waals surface area (Å²) in [6.45, 7) is 11.2. The molecule has 5 heteroatoms. The normalized spacial score (nSPS) is 10.5. The van der Waals surface area contributed by atoms with Gasteiger partial charge in [-0.05, 0) is 56.0 Å². The van der Waals surface area contributed by atoms with Gasteiger partial charge in [0.2, 0.25) is 0 Å². The second kappa shape index (κ2) is 10.4. The molecule has 1 aromatic carbocycles. The fourth-order valence-corrected chi connectivity index (χ4v) is 2.12. The van der Waals surface area contributed by atoms with Crippen molar-refractivity contribution in [2.75, 3.05) is 38.1 Å². The fourth-order valence-electron chi connectivity index (χ4n) is 1.90. The molecule has 0 spiro atoms. The van der Waals surface area contributed by atoms with E-state index in [0.717, 1.165) is 50.6 Å². The summed E-state index contributed by atoms with van der Waals surface area (Å²) in [4.78, 5) is 2.36. The molecule has 4 nitrogen and oxygen atoms in total. The van der Waals surface area contributed by atoms with Crippen LogP contribution in [0.3, 0.4) is 0 Å². The van der Waals surface area contributed by atoms with Gasteiger partial charge in [-0.15, -0.1) is 0 Å². The van der Waals surface area contributed by atoms with Gasteiger partial charge in [-0.3, -0.25) is 0 Å². The Morgan fingerprint density at radius 2 is 1.81 bits per heavy atom. The number of anilines is 1. The number of hydrogen-bond acceptors (Lipinski definition) is 3. The monoisotopic (exact) mass is 309 g/mol. The molecular formula is C16H27N3OS. The van der Waals surface area contributed by atoms with Crippen LogP contribution in [0.5, 0.6) is 5.75 Å². The van der Waals surface area contributed by atoms with Crippen molar-refractivity contribution in [3.8, 4) is 5.75 Å². The Balaban J connectivity index is 2.30. The van der Waals surface area contributed by atoms with Gasteiger partial charge in [-0.25, -0.2) is 0 Å². The zero-order valence-corrected chi connectivity index (χ0v) is 14.1. The molecular weight excluding hydrogens is 282 g/mol. The van der Waals surface area contributed by atoms with Crippen LogP contribution in [0.15, 0.2) is 24.3 Å². The smallest absolute Gasteiger partial charge is 0.170 e. The van der Waals surface area contributed by atoms with Crippen LogP contribution in [-0.2, 0) is 0 Å². The average molecular weight is 309 g/mol. The molecule has 0 atom stereocenters. The lowest BCUT2D eigenvalue weighted by molar-refractivity contribution is 0.308. The molecule has 2 N–H and O–H groups in total. The van der Waals surface area contributed by atoms with Gasteiger partial charge in [0.05, 0.1) is 6.61 Å². The van der Waals surface area contributed by atoms with Gasteiger partial charge in [-0.2, -0.15) is 0 Å². The first-order chi connectivity index (χ1) is 10.2. The van der Waals surface area contributed by atoms with Gasteiger partial charge < -0.3 is 20.3 Å². The van der Waals surface area contributed by atoms with Crippen LogP contribution in [-0.4, -0.2) is 42.8 Å². The van der Waals surface area contributed by atoms with E-state index in [1.165, 1.54) is 0 Å². The number of hydrogen-bond donors (Lipinski definition) is 2. The number of benzene rings is 1. The summed E-state index contributed by atoms with van der Waals surface area (Å²) in [5, 5.41) is 7.06. The van der Waals surface area contributed by atoms with Crippen molar-refractivity contribution in [2.45, 2.75) is 27.2 Å². The van der Waals surface area contributed by atoms with E-state index in [2.05, 4.69) is 36.3 Å². The van der Waals surface area contributed by atoms with Crippen LogP contribution in [0.2, 0.25) is 0 Å². The molecule has 0 saturated carbocycles. The lowest BCUT2D eigenvalue weighted by Gasteiger charge is -2.19. The van der Waals surface area contributed by atoms with Crippen LogP contribution in [0, 0.1) is 0 Å². The van der Waals surface area contributed by atoms with E-state index in [-0.39, 0.29) is 0 Å². The van der Waals surface area contributed by atoms with Crippen molar-refractivity contribution in [1.82, 2.24) is 10.2 Å². The molecule has 0 amide bonds. The van der Waals surface area contributed by atoms with E-state index in [9.17, 15) is 0 Å². The van der Waals surface area contributed by atoms with Crippen molar-refractivity contribution >= 4 is 23.0 Å². The quantitative estimate of drug-likeness (QED) is 0.686. The first kappa shape index (κ1) is 17.7. The second-order valence-corrected chi connectivity index (χ2v) is 5.19. The van der Waals surface area contributed by atoms with E-state index >= 15 is 0 Å². The van der Waals surface area contributed by atoms with Gasteiger partial charge >= 0.3 is 0 Å². The second-order valence-electron chi connectivity index (χ2n) is 4.78. The molecule has 0 saturated heterocycles. The summed E-state index contributed by atoms with van der Waals surface area (Å²) in [5.41, 5.74) is 0.971. The van der Waals surface area contributed by atoms with E-state index in [1.807, 2.05) is 24.3 Å². The molecule has 0 radical (unpaired) electrons. The Labute approximate surface area is 133 Å². The highest BCUT2D eigenvalue weighted by atomic mass is 32.1. The van der Waals surface area contributed by atoms with E-state index < -0.39 is 0 Å². The Hall–Kier alpha value is -1.33. The number of thiocarbonyl (C=S) groups is 1. The minimum absolute atomic E-state index is 0.657. The molecule has 0 unspecified atom stereocenters. The van der Waals surface area contributed by atoms with Crippen molar-refractivity contribution in [3.63, 3.8) is 0 Å². The third-order valence-electron chi connectivity index (χ3n) is 3.19. The van der Waals surface area contributed by atoms with Crippen LogP contribution in [0.25, 0.3) is 0 Å². The molecule has 0 aromatic heterocycles. The summed E-state index contributed by atoms with van der Waals surface area (Å²) >= 11 is 5.29. The zero-order chi connectivity index (χ0) is 15.5. The van der Waals surface area contributed by atoms with Crippen molar-refractivity contribution < 1.29 is 4.74 Å². The van der Waals surface area contributed by atoms with Crippen LogP contribution < -0.4 is 15.4 Å². The minimum atomic E-state index is 0.657. The van der Waals surface area contributed by atoms with Crippen molar-refractivity contribution in [3.05, 3.63) is 24.3 Å². The number of ether oxygens (including phenoxy) is 1. The predicted molar refractivity (Wildman–Crippen MR) is 94.2 cm³/mol. The first-order valence-corrected chi connectivity index (χ1v) is 8.10. The minimum Gasteiger partial charge on any atom is -0.494 e. The molecule has 0 aliphatic heterocycles. The maximum atomic E-state index is 5.55. The van der Waals surface area contributed by atoms with Crippen molar-refractivity contribution in [1.29, 1.82) is 0 Å². The average Bonchev–Trinajstić information content (AvgIpc) is 2.51. The highest BCUT2D eigenvalue weighted by Gasteiger charge is 2.01. The fraction of sp³-hybridized carbons (Fsp3) is 0.562. The molecule has 0 bridgehead atoms. The largest absolute Gasteiger partial charge is 0.494 e. The molecule has 1 aromatic rings. The summed E-state index contributed by atoms with van der Waals surface area (Å²) < 4.78 is 5.55. The topological polar surface area (TPSA) is 36.5 Å². The summed E-state index contributed by atoms with van der Waals surface area (Å²) in [6.07, 6.45) is 1.01. The summed E-state index contributed by atoms with van der Waals surface area (Å²) in [5.74, 6) is 0.891. The highest BCUT2D eigenvalue weighted by molar-refractivity contribution is 7.80. The third kappa shape index (κ3) is 7.29. The molecule has 0 fully saturated rings. The standard InChI is InChI=1S/C16H27N3OS/c1-4-13-20-15-9-7-14(8-10-15)18-16(21)17-11-12-19(5-2)6-3/h7-10H,4-6,11-13H2,1-3H3,(H2,17,18,21). The van der Waals surface area contributed by atoms with E-state index in [0.29, 0.717) is 5.11 Å². The number of nitrogens with one attached hydrogen (secondary N) is 2. The Morgan fingerprint density at radius 3 is 2.38 bits per heavy atom.